The topological polar surface area (TPSA) is 12.0 Å². The molecule has 165 valence electrons. The molecule has 1 N–H and O–H groups in total. The number of fused-ring (bicyclic) bond motifs is 1. The first-order valence-corrected chi connectivity index (χ1v) is 23.2. The van der Waals surface area contributed by atoms with Crippen molar-refractivity contribution in [3.63, 3.8) is 0 Å². The fourth-order valence-corrected chi connectivity index (χ4v) is 36.5. The van der Waals surface area contributed by atoms with E-state index >= 15 is 0 Å². The molecule has 3 aromatic rings. The summed E-state index contributed by atoms with van der Waals surface area (Å²) in [6.07, 6.45) is 11.9. The number of rotatable bonds is 6. The van der Waals surface area contributed by atoms with Crippen molar-refractivity contribution in [3.8, 4) is 0 Å². The molecule has 0 bridgehead atoms. The number of allylic oxidation sites excluding steroid dienone is 1. The minimum absolute atomic E-state index is 0. The van der Waals surface area contributed by atoms with E-state index in [9.17, 15) is 0 Å². The van der Waals surface area contributed by atoms with Gasteiger partial charge in [-0.15, -0.1) is 0 Å². The minimum Gasteiger partial charge on any atom is -1.00 e. The molecule has 2 aliphatic rings. The van der Waals surface area contributed by atoms with Gasteiger partial charge in [-0.25, -0.2) is 0 Å². The second-order valence-corrected chi connectivity index (χ2v) is 28.7. The Balaban J connectivity index is 0.00000144. The maximum Gasteiger partial charge on any atom is -1.00 e. The van der Waals surface area contributed by atoms with Crippen molar-refractivity contribution in [2.75, 3.05) is 0 Å². The van der Waals surface area contributed by atoms with Crippen molar-refractivity contribution in [1.29, 1.82) is 0 Å². The molecule has 32 heavy (non-hydrogen) atoms. The minimum atomic E-state index is -2.34. The van der Waals surface area contributed by atoms with Crippen LogP contribution in [0.3, 0.4) is 0 Å². The normalized spacial score (nSPS) is 17.3. The van der Waals surface area contributed by atoms with Gasteiger partial charge in [0.15, 0.2) is 0 Å². The van der Waals surface area contributed by atoms with Crippen LogP contribution in [0.15, 0.2) is 91.0 Å². The number of benzene rings is 3. The largest absolute Gasteiger partial charge is 1.00 e. The standard InChI is InChI=1S/C12H11Si.C9H7.C6H12N.2ClH.Hf/c1-3-7-11(8-4-1)13-12-9-5-2-6-10-12;1-2-5-9-7-3-6-8(9)4-1;7-6-4-2-1-3-5-6;;;/h1-10,13H;1-7H;6-7H,1-5H2;2*1H;/q;;-1;;;+3/p-2. The van der Waals surface area contributed by atoms with E-state index in [2.05, 4.69) is 100 Å². The average molecular weight is 646 g/mol. The first kappa shape index (κ1) is 25.6. The van der Waals surface area contributed by atoms with Gasteiger partial charge in [0, 0.05) is 0 Å². The first-order valence-electron chi connectivity index (χ1n) is 11.4. The van der Waals surface area contributed by atoms with Crippen LogP contribution in [-0.4, -0.2) is 12.0 Å². The summed E-state index contributed by atoms with van der Waals surface area (Å²) in [5.41, 5.74) is 3.04. The monoisotopic (exact) mass is 646 g/mol. The van der Waals surface area contributed by atoms with Crippen LogP contribution < -0.4 is 38.5 Å². The van der Waals surface area contributed by atoms with E-state index in [4.69, 9.17) is 0 Å². The van der Waals surface area contributed by atoms with Gasteiger partial charge in [-0.1, -0.05) is 0 Å². The fourth-order valence-electron chi connectivity index (χ4n) is 5.20. The van der Waals surface area contributed by atoms with Crippen LogP contribution in [0.5, 0.6) is 0 Å². The molecule has 1 unspecified atom stereocenters. The van der Waals surface area contributed by atoms with E-state index in [-0.39, 0.29) is 24.8 Å². The SMILES string of the molecule is C1=C[CH]([Hf+2]([NH]C2CCCCC2)[SiH](c2ccccc2)c2ccccc2)c2ccccc21.[Cl-].[Cl-]. The van der Waals surface area contributed by atoms with Crippen molar-refractivity contribution in [2.24, 2.45) is 0 Å². The summed E-state index contributed by atoms with van der Waals surface area (Å²) >= 11 is -2.34. The van der Waals surface area contributed by atoms with Gasteiger partial charge < -0.3 is 24.8 Å². The average Bonchev–Trinajstić information content (AvgIpc) is 3.25. The second kappa shape index (κ2) is 12.5. The Morgan fingerprint density at radius 3 is 1.88 bits per heavy atom. The maximum atomic E-state index is 4.46. The van der Waals surface area contributed by atoms with Gasteiger partial charge in [-0.05, 0) is 0 Å². The summed E-state index contributed by atoms with van der Waals surface area (Å²) in [7, 11) is 0. The van der Waals surface area contributed by atoms with Gasteiger partial charge in [-0.2, -0.15) is 0 Å². The molecule has 5 rings (SSSR count). The smallest absolute Gasteiger partial charge is 1.00 e. The Morgan fingerprint density at radius 2 is 1.25 bits per heavy atom. The molecule has 0 aliphatic heterocycles. The molecule has 1 saturated carbocycles. The molecule has 0 aromatic heterocycles. The molecule has 0 saturated heterocycles. The molecule has 5 heteroatoms. The van der Waals surface area contributed by atoms with Crippen molar-refractivity contribution < 1.29 is 45.7 Å². The molecule has 1 nitrogen and oxygen atoms in total. The number of hydrogen-bond donors (Lipinski definition) is 1. The van der Waals surface area contributed by atoms with Crippen molar-refractivity contribution in [3.05, 3.63) is 102 Å². The molecular weight excluding hydrogens is 616 g/mol. The fraction of sp³-hybridized carbons (Fsp3) is 0.259. The third kappa shape index (κ3) is 5.74. The van der Waals surface area contributed by atoms with E-state index in [0.717, 1.165) is 6.04 Å². The summed E-state index contributed by atoms with van der Waals surface area (Å²) in [6.45, 7) is 0. The van der Waals surface area contributed by atoms with E-state index in [1.807, 2.05) is 0 Å². The van der Waals surface area contributed by atoms with Gasteiger partial charge >= 0.3 is 191 Å². The molecule has 0 radical (unpaired) electrons. The molecule has 0 heterocycles. The van der Waals surface area contributed by atoms with Gasteiger partial charge in [0.2, 0.25) is 0 Å². The van der Waals surface area contributed by atoms with Crippen LogP contribution in [0.25, 0.3) is 6.08 Å². The molecule has 1 fully saturated rings. The Hall–Kier alpha value is -0.973. The van der Waals surface area contributed by atoms with E-state index in [0.29, 0.717) is 3.67 Å². The summed E-state index contributed by atoms with van der Waals surface area (Å²) in [4.78, 5) is 0. The molecule has 3 aromatic carbocycles. The van der Waals surface area contributed by atoms with Gasteiger partial charge in [0.25, 0.3) is 0 Å². The van der Waals surface area contributed by atoms with Crippen LogP contribution in [0.4, 0.5) is 0 Å². The molecule has 1 atom stereocenters. The van der Waals surface area contributed by atoms with E-state index < -0.39 is 26.9 Å². The number of halogens is 2. The van der Waals surface area contributed by atoms with Crippen molar-refractivity contribution in [1.82, 2.24) is 3.30 Å². The van der Waals surface area contributed by atoms with E-state index in [1.54, 1.807) is 15.9 Å². The summed E-state index contributed by atoms with van der Waals surface area (Å²) < 4.78 is 5.12. The van der Waals surface area contributed by atoms with Gasteiger partial charge in [0.05, 0.1) is 0 Å². The van der Waals surface area contributed by atoms with Crippen molar-refractivity contribution >= 4 is 22.4 Å². The van der Waals surface area contributed by atoms with E-state index in [1.165, 1.54) is 37.7 Å². The summed E-state index contributed by atoms with van der Waals surface area (Å²) in [6, 6.07) is 32.9. The summed E-state index contributed by atoms with van der Waals surface area (Å²) in [5, 5.41) is 3.26. The third-order valence-electron chi connectivity index (χ3n) is 6.69. The first-order chi connectivity index (χ1) is 14.9. The zero-order valence-electron chi connectivity index (χ0n) is 18.3. The van der Waals surface area contributed by atoms with Crippen LogP contribution >= 0.6 is 0 Å². The predicted octanol–water partition coefficient (Wildman–Crippen LogP) is -1.24. The summed E-state index contributed by atoms with van der Waals surface area (Å²) in [5.74, 6) is -1.30. The third-order valence-corrected chi connectivity index (χ3v) is 34.5. The number of hydrogen-bond acceptors (Lipinski definition) is 1. The van der Waals surface area contributed by atoms with Gasteiger partial charge in [0.1, 0.15) is 0 Å². The predicted molar refractivity (Wildman–Crippen MR) is 128 cm³/mol. The van der Waals surface area contributed by atoms with Crippen LogP contribution in [0.1, 0.15) is 46.9 Å². The second-order valence-electron chi connectivity index (χ2n) is 8.65. The Morgan fingerprint density at radius 1 is 0.688 bits per heavy atom. The van der Waals surface area contributed by atoms with Crippen LogP contribution in [0, 0.1) is 0 Å². The van der Waals surface area contributed by atoms with Crippen LogP contribution in [-0.2, 0) is 20.9 Å². The molecule has 0 amide bonds. The zero-order chi connectivity index (χ0) is 20.2. The van der Waals surface area contributed by atoms with Crippen molar-refractivity contribution in [2.45, 2.75) is 41.8 Å². The maximum absolute atomic E-state index is 4.46. The number of nitrogens with one attached hydrogen (secondary N) is 1. The Kier molecular flexibility index (Phi) is 10.0. The Bertz CT molecular complexity index is 953. The van der Waals surface area contributed by atoms with Gasteiger partial charge in [-0.3, -0.25) is 0 Å². The molecule has 0 spiro atoms. The molecule has 2 aliphatic carbocycles. The molecular formula is C27H30Cl2HfNSi. The zero-order valence-corrected chi connectivity index (χ0v) is 24.5. The van der Waals surface area contributed by atoms with Crippen LogP contribution in [0.2, 0.25) is 0 Å². The quantitative estimate of drug-likeness (QED) is 0.331. The Labute approximate surface area is 214 Å².